The van der Waals surface area contributed by atoms with Crippen molar-refractivity contribution < 1.29 is 4.52 Å². The van der Waals surface area contributed by atoms with Gasteiger partial charge < -0.3 is 4.52 Å². The van der Waals surface area contributed by atoms with E-state index >= 15 is 0 Å². The lowest BCUT2D eigenvalue weighted by Gasteiger charge is -2.41. The Balaban J connectivity index is 1.62. The molecule has 2 fully saturated rings. The van der Waals surface area contributed by atoms with Gasteiger partial charge in [-0.3, -0.25) is 0 Å². The molecule has 0 radical (unpaired) electrons. The number of rotatable bonds is 4. The molecule has 4 rings (SSSR count). The molecule has 0 amide bonds. The maximum Gasteiger partial charge on any atom is 0.248 e. The van der Waals surface area contributed by atoms with Gasteiger partial charge in [-0.25, -0.2) is 9.34 Å². The molecule has 3 nitrogen and oxygen atoms in total. The molecule has 2 heterocycles. The van der Waals surface area contributed by atoms with Crippen LogP contribution in [0.2, 0.25) is 0 Å². The lowest BCUT2D eigenvalue weighted by Crippen LogP contribution is -2.36. The summed E-state index contributed by atoms with van der Waals surface area (Å²) in [4.78, 5) is 0. The largest absolute Gasteiger partial charge is 0.444 e. The summed E-state index contributed by atoms with van der Waals surface area (Å²) < 4.78 is 12.0. The minimum absolute atomic E-state index is 0.680. The molecule has 0 saturated carbocycles. The molecule has 0 bridgehead atoms. The Morgan fingerprint density at radius 3 is 1.92 bits per heavy atom. The van der Waals surface area contributed by atoms with Gasteiger partial charge in [-0.15, -0.1) is 0 Å². The third-order valence-electron chi connectivity index (χ3n) is 5.08. The van der Waals surface area contributed by atoms with E-state index in [0.29, 0.717) is 0 Å². The summed E-state index contributed by atoms with van der Waals surface area (Å²) in [6.07, 6.45) is 7.98. The zero-order chi connectivity index (χ0) is 16.2. The van der Waals surface area contributed by atoms with Crippen molar-refractivity contribution in [3.8, 4) is 5.75 Å². The smallest absolute Gasteiger partial charge is 0.248 e. The van der Waals surface area contributed by atoms with E-state index in [0.717, 1.165) is 5.75 Å². The van der Waals surface area contributed by atoms with Crippen LogP contribution in [0.15, 0.2) is 42.5 Å². The average molecular weight is 342 g/mol. The van der Waals surface area contributed by atoms with Crippen LogP contribution < -0.4 is 4.52 Å². The molecule has 4 heteroatoms. The Labute approximate surface area is 146 Å². The van der Waals surface area contributed by atoms with Gasteiger partial charge in [0, 0.05) is 31.6 Å². The molecule has 0 aliphatic carbocycles. The Morgan fingerprint density at radius 2 is 1.25 bits per heavy atom. The van der Waals surface area contributed by atoms with Gasteiger partial charge in [-0.2, -0.15) is 0 Å². The summed E-state index contributed by atoms with van der Waals surface area (Å²) in [7, 11) is -0.680. The van der Waals surface area contributed by atoms with Gasteiger partial charge in [0.05, 0.1) is 0 Å². The quantitative estimate of drug-likeness (QED) is 0.690. The van der Waals surface area contributed by atoms with Gasteiger partial charge in [-0.05, 0) is 37.1 Å². The summed E-state index contributed by atoms with van der Waals surface area (Å²) in [6, 6.07) is 15.0. The van der Waals surface area contributed by atoms with Gasteiger partial charge in [0.2, 0.25) is 8.45 Å². The van der Waals surface area contributed by atoms with Crippen LogP contribution in [-0.4, -0.2) is 35.5 Å². The Hall–Kier alpha value is -1.15. The summed E-state index contributed by atoms with van der Waals surface area (Å²) in [5, 5.41) is 2.50. The van der Waals surface area contributed by atoms with E-state index in [1.165, 1.54) is 75.5 Å². The van der Waals surface area contributed by atoms with Crippen LogP contribution in [0.25, 0.3) is 10.8 Å². The molecule has 2 saturated heterocycles. The maximum atomic E-state index is 6.72. The second-order valence-electron chi connectivity index (χ2n) is 6.85. The van der Waals surface area contributed by atoms with E-state index in [1.807, 2.05) is 0 Å². The average Bonchev–Trinajstić information content (AvgIpc) is 2.67. The van der Waals surface area contributed by atoms with Gasteiger partial charge >= 0.3 is 0 Å². The minimum atomic E-state index is -0.680. The van der Waals surface area contributed by atoms with Crippen molar-refractivity contribution in [1.82, 2.24) is 9.34 Å². The van der Waals surface area contributed by atoms with Crippen LogP contribution in [0, 0.1) is 0 Å². The van der Waals surface area contributed by atoms with Gasteiger partial charge in [0.1, 0.15) is 5.75 Å². The second-order valence-corrected chi connectivity index (χ2v) is 8.67. The number of hydrogen-bond donors (Lipinski definition) is 0. The summed E-state index contributed by atoms with van der Waals surface area (Å²) in [5.74, 6) is 1.05. The highest BCUT2D eigenvalue weighted by molar-refractivity contribution is 7.47. The standard InChI is InChI=1S/C20H27N2OP/c1-5-14-21(15-6-1)24(22-16-7-2-8-17-22)23-20-13-9-11-18-10-3-4-12-19(18)20/h3-4,9-13H,1-2,5-8,14-17H2. The summed E-state index contributed by atoms with van der Waals surface area (Å²) in [5.41, 5.74) is 0. The monoisotopic (exact) mass is 342 g/mol. The first kappa shape index (κ1) is 16.3. The fourth-order valence-corrected chi connectivity index (χ4v) is 5.93. The minimum Gasteiger partial charge on any atom is -0.444 e. The SMILES string of the molecule is c1ccc2c(OP(N3CCCCC3)N3CCCCC3)cccc2c1. The zero-order valence-electron chi connectivity index (χ0n) is 14.4. The van der Waals surface area contributed by atoms with Crippen molar-refractivity contribution in [2.24, 2.45) is 0 Å². The van der Waals surface area contributed by atoms with Crippen LogP contribution in [0.1, 0.15) is 38.5 Å². The van der Waals surface area contributed by atoms with Crippen LogP contribution in [0.5, 0.6) is 5.75 Å². The predicted octanol–water partition coefficient (Wildman–Crippen LogP) is 5.42. The third-order valence-corrected chi connectivity index (χ3v) is 7.21. The molecule has 0 unspecified atom stereocenters. The lowest BCUT2D eigenvalue weighted by molar-refractivity contribution is 0.277. The molecular weight excluding hydrogens is 315 g/mol. The fraction of sp³-hybridized carbons (Fsp3) is 0.500. The topological polar surface area (TPSA) is 15.7 Å². The molecule has 24 heavy (non-hydrogen) atoms. The van der Waals surface area contributed by atoms with Crippen molar-refractivity contribution in [2.75, 3.05) is 26.2 Å². The Morgan fingerprint density at radius 1 is 0.667 bits per heavy atom. The molecular formula is C20H27N2OP. The summed E-state index contributed by atoms with van der Waals surface area (Å²) in [6.45, 7) is 4.75. The van der Waals surface area contributed by atoms with E-state index in [9.17, 15) is 0 Å². The van der Waals surface area contributed by atoms with E-state index < -0.39 is 8.45 Å². The van der Waals surface area contributed by atoms with Crippen LogP contribution in [0.4, 0.5) is 0 Å². The molecule has 2 aromatic rings. The molecule has 128 valence electrons. The van der Waals surface area contributed by atoms with E-state index in [2.05, 4.69) is 51.8 Å². The molecule has 2 aromatic carbocycles. The van der Waals surface area contributed by atoms with Crippen molar-refractivity contribution in [3.63, 3.8) is 0 Å². The predicted molar refractivity (Wildman–Crippen MR) is 102 cm³/mol. The number of fused-ring (bicyclic) bond motifs is 1. The molecule has 0 N–H and O–H groups in total. The van der Waals surface area contributed by atoms with E-state index in [4.69, 9.17) is 4.52 Å². The first-order valence-corrected chi connectivity index (χ1v) is 10.5. The molecule has 0 atom stereocenters. The molecule has 2 aliphatic rings. The van der Waals surface area contributed by atoms with Gasteiger partial charge in [-0.1, -0.05) is 49.2 Å². The number of hydrogen-bond acceptors (Lipinski definition) is 3. The van der Waals surface area contributed by atoms with E-state index in [1.54, 1.807) is 0 Å². The lowest BCUT2D eigenvalue weighted by atomic mass is 10.1. The van der Waals surface area contributed by atoms with Crippen molar-refractivity contribution in [1.29, 1.82) is 0 Å². The summed E-state index contributed by atoms with van der Waals surface area (Å²) >= 11 is 0. The number of benzene rings is 2. The van der Waals surface area contributed by atoms with Crippen molar-refractivity contribution >= 4 is 19.2 Å². The highest BCUT2D eigenvalue weighted by atomic mass is 31.2. The fourth-order valence-electron chi connectivity index (χ4n) is 3.75. The zero-order valence-corrected chi connectivity index (χ0v) is 15.3. The van der Waals surface area contributed by atoms with Crippen LogP contribution in [0.3, 0.4) is 0 Å². The Kier molecular flexibility index (Phi) is 5.32. The highest BCUT2D eigenvalue weighted by Gasteiger charge is 2.31. The second kappa shape index (κ2) is 7.82. The van der Waals surface area contributed by atoms with E-state index in [-0.39, 0.29) is 0 Å². The Bertz CT molecular complexity index is 642. The number of nitrogens with zero attached hydrogens (tertiary/aromatic N) is 2. The van der Waals surface area contributed by atoms with Gasteiger partial charge in [0.15, 0.2) is 0 Å². The third kappa shape index (κ3) is 3.59. The highest BCUT2D eigenvalue weighted by Crippen LogP contribution is 2.49. The maximum absolute atomic E-state index is 6.72. The van der Waals surface area contributed by atoms with Gasteiger partial charge in [0.25, 0.3) is 0 Å². The molecule has 0 spiro atoms. The number of piperidine rings is 2. The van der Waals surface area contributed by atoms with Crippen LogP contribution in [-0.2, 0) is 0 Å². The first-order valence-electron chi connectivity index (χ1n) is 9.37. The van der Waals surface area contributed by atoms with Crippen molar-refractivity contribution in [3.05, 3.63) is 42.5 Å². The molecule has 0 aromatic heterocycles. The van der Waals surface area contributed by atoms with Crippen LogP contribution >= 0.6 is 8.45 Å². The van der Waals surface area contributed by atoms with Crippen molar-refractivity contribution in [2.45, 2.75) is 38.5 Å². The first-order chi connectivity index (χ1) is 11.9. The molecule has 2 aliphatic heterocycles. The normalized spacial score (nSPS) is 20.5.